The Hall–Kier alpha value is -2.80. The van der Waals surface area contributed by atoms with E-state index in [1.165, 1.54) is 22.9 Å². The molecule has 0 saturated carbocycles. The second-order valence-corrected chi connectivity index (χ2v) is 9.88. The Labute approximate surface area is 192 Å². The number of amides is 3. The number of thioether (sulfide) groups is 1. The van der Waals surface area contributed by atoms with Crippen molar-refractivity contribution in [3.8, 4) is 0 Å². The maximum absolute atomic E-state index is 13.0. The Balaban J connectivity index is 1.17. The Morgan fingerprint density at radius 1 is 1.00 bits per heavy atom. The highest BCUT2D eigenvalue weighted by Gasteiger charge is 2.38. The van der Waals surface area contributed by atoms with E-state index in [0.717, 1.165) is 29.8 Å². The number of carbonyl (C=O) groups is 3. The Bertz CT molecular complexity index is 1050. The first-order valence-corrected chi connectivity index (χ1v) is 12.2. The van der Waals surface area contributed by atoms with Crippen LogP contribution in [0.15, 0.2) is 53.4 Å². The molecule has 0 spiro atoms. The van der Waals surface area contributed by atoms with Crippen LogP contribution < -0.4 is 10.6 Å². The van der Waals surface area contributed by atoms with E-state index in [0.29, 0.717) is 25.9 Å². The van der Waals surface area contributed by atoms with E-state index in [-0.39, 0.29) is 29.7 Å². The molecule has 1 fully saturated rings. The number of benzene rings is 2. The van der Waals surface area contributed by atoms with E-state index in [1.807, 2.05) is 30.3 Å². The summed E-state index contributed by atoms with van der Waals surface area (Å²) in [5, 5.41) is 5.33. The number of nitrogens with one attached hydrogen (secondary N) is 2. The molecular formula is C25H27N3O3S. The number of rotatable bonds is 3. The molecule has 2 aromatic carbocycles. The topological polar surface area (TPSA) is 78.5 Å². The quantitative estimate of drug-likeness (QED) is 0.703. The van der Waals surface area contributed by atoms with Crippen LogP contribution in [0.5, 0.6) is 0 Å². The average molecular weight is 450 g/mol. The van der Waals surface area contributed by atoms with Crippen molar-refractivity contribution >= 4 is 35.2 Å². The normalized spacial score (nSPS) is 23.0. The molecular weight excluding hydrogens is 422 g/mol. The molecule has 3 amide bonds. The minimum atomic E-state index is -0.769. The molecule has 2 aliphatic heterocycles. The summed E-state index contributed by atoms with van der Waals surface area (Å²) >= 11 is 1.31. The van der Waals surface area contributed by atoms with Crippen LogP contribution in [-0.4, -0.2) is 41.0 Å². The lowest BCUT2D eigenvalue weighted by atomic mass is 9.87. The van der Waals surface area contributed by atoms with Gasteiger partial charge in [-0.1, -0.05) is 36.4 Å². The number of anilines is 1. The molecule has 6 nitrogen and oxygen atoms in total. The lowest BCUT2D eigenvalue weighted by Gasteiger charge is -2.35. The van der Waals surface area contributed by atoms with E-state index in [2.05, 4.69) is 28.8 Å². The van der Waals surface area contributed by atoms with Crippen molar-refractivity contribution in [1.82, 2.24) is 10.2 Å². The van der Waals surface area contributed by atoms with Gasteiger partial charge in [0.25, 0.3) is 0 Å². The molecule has 2 unspecified atom stereocenters. The summed E-state index contributed by atoms with van der Waals surface area (Å²) in [7, 11) is 0. The Morgan fingerprint density at radius 3 is 2.59 bits per heavy atom. The van der Waals surface area contributed by atoms with Gasteiger partial charge >= 0.3 is 0 Å². The van der Waals surface area contributed by atoms with Gasteiger partial charge in [0.15, 0.2) is 5.25 Å². The minimum Gasteiger partial charge on any atom is -0.349 e. The van der Waals surface area contributed by atoms with Gasteiger partial charge in [-0.15, -0.1) is 11.8 Å². The van der Waals surface area contributed by atoms with Crippen molar-refractivity contribution in [1.29, 1.82) is 0 Å². The highest BCUT2D eigenvalue weighted by molar-refractivity contribution is 8.01. The van der Waals surface area contributed by atoms with Crippen LogP contribution in [0.1, 0.15) is 42.9 Å². The van der Waals surface area contributed by atoms with Gasteiger partial charge in [-0.2, -0.15) is 0 Å². The fourth-order valence-corrected chi connectivity index (χ4v) is 6.01. The smallest absolute Gasteiger partial charge is 0.247 e. The SMILES string of the molecule is O=C(NC1CCCc2ccccc21)C1CCN(C(=O)C2Sc3ccccc3NC2=O)CC1. The maximum Gasteiger partial charge on any atom is 0.247 e. The van der Waals surface area contributed by atoms with Crippen molar-refractivity contribution in [3.05, 3.63) is 59.7 Å². The monoisotopic (exact) mass is 449 g/mol. The van der Waals surface area contributed by atoms with Gasteiger partial charge in [0.2, 0.25) is 17.7 Å². The van der Waals surface area contributed by atoms with Gasteiger partial charge in [0, 0.05) is 23.9 Å². The second-order valence-electron chi connectivity index (χ2n) is 8.74. The van der Waals surface area contributed by atoms with Crippen LogP contribution >= 0.6 is 11.8 Å². The molecule has 2 aromatic rings. The Kier molecular flexibility index (Phi) is 5.91. The van der Waals surface area contributed by atoms with Crippen LogP contribution in [0.4, 0.5) is 5.69 Å². The van der Waals surface area contributed by atoms with Gasteiger partial charge in [-0.05, 0) is 55.4 Å². The van der Waals surface area contributed by atoms with Gasteiger partial charge < -0.3 is 15.5 Å². The van der Waals surface area contributed by atoms with Crippen molar-refractivity contribution in [3.63, 3.8) is 0 Å². The molecule has 2 heterocycles. The number of aryl methyl sites for hydroxylation is 1. The third-order valence-corrected chi connectivity index (χ3v) is 7.98. The lowest BCUT2D eigenvalue weighted by molar-refractivity contribution is -0.137. The van der Waals surface area contributed by atoms with Crippen LogP contribution in [0, 0.1) is 5.92 Å². The van der Waals surface area contributed by atoms with Crippen molar-refractivity contribution in [2.75, 3.05) is 18.4 Å². The number of likely N-dealkylation sites (tertiary alicyclic amines) is 1. The standard InChI is InChI=1S/C25H27N3O3S/c29-23(26-19-10-5-7-16-6-1-2-8-18(16)19)17-12-14-28(15-13-17)25(31)22-24(30)27-20-9-3-4-11-21(20)32-22/h1-4,6,8-9,11,17,19,22H,5,7,10,12-15H2,(H,26,29)(H,27,30). The summed E-state index contributed by atoms with van der Waals surface area (Å²) in [4.78, 5) is 41.2. The summed E-state index contributed by atoms with van der Waals surface area (Å²) in [6, 6.07) is 16.0. The molecule has 0 bridgehead atoms. The second kappa shape index (κ2) is 8.98. The highest BCUT2D eigenvalue weighted by Crippen LogP contribution is 2.36. The predicted molar refractivity (Wildman–Crippen MR) is 124 cm³/mol. The largest absolute Gasteiger partial charge is 0.349 e. The van der Waals surface area contributed by atoms with E-state index < -0.39 is 5.25 Å². The third-order valence-electron chi connectivity index (χ3n) is 6.72. The average Bonchev–Trinajstić information content (AvgIpc) is 2.83. The molecule has 2 atom stereocenters. The lowest BCUT2D eigenvalue weighted by Crippen LogP contribution is -2.49. The third kappa shape index (κ3) is 4.13. The number of fused-ring (bicyclic) bond motifs is 2. The number of hydrogen-bond donors (Lipinski definition) is 2. The fourth-order valence-electron chi connectivity index (χ4n) is 4.94. The van der Waals surface area contributed by atoms with Crippen molar-refractivity contribution in [2.45, 2.75) is 48.3 Å². The minimum absolute atomic E-state index is 0.0783. The summed E-state index contributed by atoms with van der Waals surface area (Å²) < 4.78 is 0. The van der Waals surface area contributed by atoms with Gasteiger partial charge in [0.1, 0.15) is 0 Å². The molecule has 7 heteroatoms. The van der Waals surface area contributed by atoms with Crippen molar-refractivity contribution < 1.29 is 14.4 Å². The zero-order valence-corrected chi connectivity index (χ0v) is 18.7. The highest BCUT2D eigenvalue weighted by atomic mass is 32.2. The predicted octanol–water partition coefficient (Wildman–Crippen LogP) is 3.53. The van der Waals surface area contributed by atoms with E-state index in [4.69, 9.17) is 0 Å². The first-order valence-electron chi connectivity index (χ1n) is 11.3. The summed E-state index contributed by atoms with van der Waals surface area (Å²) in [6.45, 7) is 1.01. The number of hydrogen-bond acceptors (Lipinski definition) is 4. The van der Waals surface area contributed by atoms with Crippen LogP contribution in [-0.2, 0) is 20.8 Å². The Morgan fingerprint density at radius 2 is 1.75 bits per heavy atom. The van der Waals surface area contributed by atoms with E-state index in [1.54, 1.807) is 4.90 Å². The molecule has 0 radical (unpaired) electrons. The molecule has 1 aliphatic carbocycles. The zero-order chi connectivity index (χ0) is 22.1. The van der Waals surface area contributed by atoms with Gasteiger partial charge in [-0.25, -0.2) is 0 Å². The summed E-state index contributed by atoms with van der Waals surface area (Å²) in [5.41, 5.74) is 3.32. The van der Waals surface area contributed by atoms with Crippen LogP contribution in [0.3, 0.4) is 0 Å². The van der Waals surface area contributed by atoms with Crippen LogP contribution in [0.2, 0.25) is 0 Å². The number of para-hydroxylation sites is 1. The molecule has 1 saturated heterocycles. The number of piperidine rings is 1. The van der Waals surface area contributed by atoms with E-state index >= 15 is 0 Å². The summed E-state index contributed by atoms with van der Waals surface area (Å²) in [6.07, 6.45) is 4.37. The molecule has 0 aromatic heterocycles. The van der Waals surface area contributed by atoms with Gasteiger partial charge in [0.05, 0.1) is 11.7 Å². The fraction of sp³-hybridized carbons (Fsp3) is 0.400. The van der Waals surface area contributed by atoms with E-state index in [9.17, 15) is 14.4 Å². The number of nitrogens with zero attached hydrogens (tertiary/aromatic N) is 1. The van der Waals surface area contributed by atoms with Gasteiger partial charge in [-0.3, -0.25) is 14.4 Å². The van der Waals surface area contributed by atoms with Crippen LogP contribution in [0.25, 0.3) is 0 Å². The first kappa shape index (κ1) is 21.1. The molecule has 2 N–H and O–H groups in total. The maximum atomic E-state index is 13.0. The molecule has 3 aliphatic rings. The molecule has 166 valence electrons. The van der Waals surface area contributed by atoms with Crippen molar-refractivity contribution in [2.24, 2.45) is 5.92 Å². The first-order chi connectivity index (χ1) is 15.6. The zero-order valence-electron chi connectivity index (χ0n) is 17.9. The molecule has 5 rings (SSSR count). The summed E-state index contributed by atoms with van der Waals surface area (Å²) in [5.74, 6) is -0.448. The number of carbonyl (C=O) groups excluding carboxylic acids is 3. The molecule has 32 heavy (non-hydrogen) atoms.